The largest absolute Gasteiger partial charge is 0.307 e. The molecule has 4 heteroatoms. The van der Waals surface area contributed by atoms with Crippen molar-refractivity contribution < 1.29 is 0 Å². The number of hydrogen-bond acceptors (Lipinski definition) is 4. The smallest absolute Gasteiger partial charge is 0.101 e. The van der Waals surface area contributed by atoms with Gasteiger partial charge in [0.05, 0.1) is 11.1 Å². The van der Waals surface area contributed by atoms with Crippen molar-refractivity contribution in [2.75, 3.05) is 0 Å². The first-order valence-corrected chi connectivity index (χ1v) is 11.8. The zero-order chi connectivity index (χ0) is 27.1. The first-order valence-electron chi connectivity index (χ1n) is 11.8. The van der Waals surface area contributed by atoms with E-state index in [2.05, 4.69) is 49.6 Å². The minimum absolute atomic E-state index is 0.264. The molecule has 0 spiro atoms. The van der Waals surface area contributed by atoms with Gasteiger partial charge in [0.1, 0.15) is 12.1 Å². The first kappa shape index (κ1) is 25.5. The zero-order valence-electron chi connectivity index (χ0n) is 20.7. The van der Waals surface area contributed by atoms with Gasteiger partial charge in [-0.15, -0.1) is 0 Å². The monoisotopic (exact) mass is 488 g/mol. The summed E-state index contributed by atoms with van der Waals surface area (Å²) >= 11 is 0. The fraction of sp³-hybridized carbons (Fsp3) is 0. The number of benzene rings is 4. The summed E-state index contributed by atoms with van der Waals surface area (Å²) in [4.78, 5) is 0. The number of rotatable bonds is 8. The van der Waals surface area contributed by atoms with Crippen molar-refractivity contribution in [1.29, 1.82) is 21.3 Å². The number of nitrogens with zero attached hydrogens (tertiary/aromatic N) is 2. The highest BCUT2D eigenvalue weighted by Crippen LogP contribution is 2.30. The average Bonchev–Trinajstić information content (AvgIpc) is 2.98. The Balaban J connectivity index is 1.55. The third kappa shape index (κ3) is 5.62. The van der Waals surface area contributed by atoms with E-state index in [1.807, 2.05) is 60.7 Å². The van der Waals surface area contributed by atoms with Gasteiger partial charge >= 0.3 is 0 Å². The third-order valence-electron chi connectivity index (χ3n) is 6.25. The molecule has 0 bridgehead atoms. The summed E-state index contributed by atoms with van der Waals surface area (Å²) < 4.78 is 0. The summed E-state index contributed by atoms with van der Waals surface area (Å²) in [5.74, 6) is 0. The van der Waals surface area contributed by atoms with Gasteiger partial charge in [0.2, 0.25) is 0 Å². The van der Waals surface area contributed by atoms with Gasteiger partial charge < -0.3 is 10.8 Å². The fourth-order valence-electron chi connectivity index (χ4n) is 4.11. The Hall–Kier alpha value is -5.58. The van der Waals surface area contributed by atoms with Crippen LogP contribution in [0, 0.1) is 33.5 Å². The Labute approximate surface area is 222 Å². The third-order valence-corrected chi connectivity index (χ3v) is 6.25. The summed E-state index contributed by atoms with van der Waals surface area (Å²) in [7, 11) is 0. The Morgan fingerprint density at radius 3 is 1.21 bits per heavy atom. The van der Waals surface area contributed by atoms with Crippen LogP contribution in [0.4, 0.5) is 0 Å². The van der Waals surface area contributed by atoms with E-state index < -0.39 is 0 Å². The van der Waals surface area contributed by atoms with Crippen LogP contribution in [-0.4, -0.2) is 12.4 Å². The Morgan fingerprint density at radius 2 is 0.895 bits per heavy atom. The predicted molar refractivity (Wildman–Crippen MR) is 158 cm³/mol. The quantitative estimate of drug-likeness (QED) is 0.148. The van der Waals surface area contributed by atoms with E-state index in [1.54, 1.807) is 12.2 Å². The van der Waals surface area contributed by atoms with E-state index in [4.69, 9.17) is 21.3 Å². The van der Waals surface area contributed by atoms with E-state index in [1.165, 1.54) is 0 Å². The van der Waals surface area contributed by atoms with Gasteiger partial charge in [-0.25, -0.2) is 0 Å². The van der Waals surface area contributed by atoms with Crippen molar-refractivity contribution in [3.63, 3.8) is 0 Å². The lowest BCUT2D eigenvalue weighted by molar-refractivity contribution is 1.49. The van der Waals surface area contributed by atoms with Crippen LogP contribution in [0.3, 0.4) is 0 Å². The van der Waals surface area contributed by atoms with Crippen molar-refractivity contribution in [3.8, 4) is 34.4 Å². The standard InChI is InChI=1S/C34H24N4/c1-23(15-25(19-35)20-36)27-3-7-29(8-4-27)31-11-13-34-18-32(12-14-33(34)17-31)30-9-5-28(6-10-30)24(2)16-26(21-37)22-38/h3-19,21,35,37H,1-2H2/b25-15+,26-16+,35-19?,37-21?. The van der Waals surface area contributed by atoms with Crippen LogP contribution in [0.15, 0.2) is 121 Å². The van der Waals surface area contributed by atoms with Crippen molar-refractivity contribution in [2.24, 2.45) is 0 Å². The maximum atomic E-state index is 9.02. The minimum Gasteiger partial charge on any atom is -0.307 e. The second-order valence-electron chi connectivity index (χ2n) is 8.69. The molecule has 0 radical (unpaired) electrons. The Kier molecular flexibility index (Phi) is 7.68. The normalized spacial score (nSPS) is 11.3. The zero-order valence-corrected chi connectivity index (χ0v) is 20.7. The molecule has 2 N–H and O–H groups in total. The van der Waals surface area contributed by atoms with Gasteiger partial charge in [0, 0.05) is 12.4 Å². The van der Waals surface area contributed by atoms with Gasteiger partial charge in [-0.05, 0) is 79.6 Å². The highest BCUT2D eigenvalue weighted by atomic mass is 14.3. The molecule has 4 aromatic carbocycles. The maximum absolute atomic E-state index is 9.02. The summed E-state index contributed by atoms with van der Waals surface area (Å²) in [6.45, 7) is 8.02. The highest BCUT2D eigenvalue weighted by molar-refractivity contribution is 5.92. The SMILES string of the molecule is C=C(/C=C(/C#N)C=N)c1ccc(-c2ccc3cc(-c4ccc(C(=C)/C=C(/C#N)C=N)cc4)ccc3c2)cc1. The lowest BCUT2D eigenvalue weighted by atomic mass is 9.95. The van der Waals surface area contributed by atoms with Gasteiger partial charge in [0.25, 0.3) is 0 Å². The molecule has 38 heavy (non-hydrogen) atoms. The molecule has 4 aromatic rings. The molecule has 0 amide bonds. The Morgan fingerprint density at radius 1 is 0.553 bits per heavy atom. The van der Waals surface area contributed by atoms with Crippen molar-refractivity contribution in [1.82, 2.24) is 0 Å². The maximum Gasteiger partial charge on any atom is 0.101 e. The molecule has 4 rings (SSSR count). The molecule has 0 unspecified atom stereocenters. The second kappa shape index (κ2) is 11.4. The molecule has 0 saturated carbocycles. The molecular weight excluding hydrogens is 464 g/mol. The van der Waals surface area contributed by atoms with Crippen molar-refractivity contribution >= 4 is 34.3 Å². The van der Waals surface area contributed by atoms with Gasteiger partial charge in [-0.3, -0.25) is 0 Å². The van der Waals surface area contributed by atoms with Crippen molar-refractivity contribution in [3.05, 3.63) is 133 Å². The lowest BCUT2D eigenvalue weighted by Gasteiger charge is -2.09. The number of nitriles is 2. The summed E-state index contributed by atoms with van der Waals surface area (Å²) in [5.41, 5.74) is 8.08. The Bertz CT molecular complexity index is 1590. The molecular formula is C34H24N4. The number of fused-ring (bicyclic) bond motifs is 1. The number of nitrogens with one attached hydrogen (secondary N) is 2. The minimum atomic E-state index is 0.264. The molecule has 0 atom stereocenters. The van der Waals surface area contributed by atoms with Crippen molar-refractivity contribution in [2.45, 2.75) is 0 Å². The molecule has 0 aliphatic rings. The van der Waals surface area contributed by atoms with E-state index in [0.29, 0.717) is 11.1 Å². The molecule has 180 valence electrons. The second-order valence-corrected chi connectivity index (χ2v) is 8.69. The van der Waals surface area contributed by atoms with E-state index in [-0.39, 0.29) is 11.1 Å². The van der Waals surface area contributed by atoms with Crippen LogP contribution in [0.5, 0.6) is 0 Å². The molecule has 0 aliphatic carbocycles. The first-order chi connectivity index (χ1) is 18.4. The molecule has 4 nitrogen and oxygen atoms in total. The van der Waals surface area contributed by atoms with Gasteiger partial charge in [0.15, 0.2) is 0 Å². The molecule has 0 saturated heterocycles. The van der Waals surface area contributed by atoms with Crippen LogP contribution in [-0.2, 0) is 0 Å². The predicted octanol–water partition coefficient (Wildman–Crippen LogP) is 8.40. The number of allylic oxidation sites excluding steroid dienone is 6. The lowest BCUT2D eigenvalue weighted by Crippen LogP contribution is -1.86. The van der Waals surface area contributed by atoms with E-state index in [0.717, 1.165) is 56.6 Å². The summed E-state index contributed by atoms with van der Waals surface area (Å²) in [6.07, 6.45) is 5.27. The van der Waals surface area contributed by atoms with E-state index >= 15 is 0 Å². The topological polar surface area (TPSA) is 95.3 Å². The molecule has 0 fully saturated rings. The van der Waals surface area contributed by atoms with Gasteiger partial charge in [-0.2, -0.15) is 10.5 Å². The van der Waals surface area contributed by atoms with Crippen LogP contribution in [0.2, 0.25) is 0 Å². The molecule has 0 aromatic heterocycles. The van der Waals surface area contributed by atoms with Crippen LogP contribution < -0.4 is 0 Å². The van der Waals surface area contributed by atoms with Crippen LogP contribution >= 0.6 is 0 Å². The molecule has 0 heterocycles. The van der Waals surface area contributed by atoms with Crippen LogP contribution in [0.1, 0.15) is 11.1 Å². The highest BCUT2D eigenvalue weighted by Gasteiger charge is 2.06. The van der Waals surface area contributed by atoms with Gasteiger partial charge in [-0.1, -0.05) is 86.0 Å². The fourth-order valence-corrected chi connectivity index (χ4v) is 4.11. The van der Waals surface area contributed by atoms with E-state index in [9.17, 15) is 0 Å². The average molecular weight is 489 g/mol. The number of hydrogen-bond donors (Lipinski definition) is 2. The summed E-state index contributed by atoms with van der Waals surface area (Å²) in [5, 5.41) is 34.9. The molecule has 0 aliphatic heterocycles. The summed E-state index contributed by atoms with van der Waals surface area (Å²) in [6, 6.07) is 32.8. The van der Waals surface area contributed by atoms with Crippen LogP contribution in [0.25, 0.3) is 44.2 Å².